The fraction of sp³-hybridized carbons (Fsp3) is 0. The fourth-order valence-corrected chi connectivity index (χ4v) is 3.08. The van der Waals surface area contributed by atoms with E-state index in [1.54, 1.807) is 55.0 Å². The van der Waals surface area contributed by atoms with Gasteiger partial charge in [-0.25, -0.2) is 9.97 Å². The molecule has 2 amide bonds. The number of carbonyl (C=O) groups is 2. The predicted octanol–water partition coefficient (Wildman–Crippen LogP) is 4.81. The highest BCUT2D eigenvalue weighted by atomic mass is 16.2. The monoisotopic (exact) mass is 448 g/mol. The van der Waals surface area contributed by atoms with E-state index in [4.69, 9.17) is 0 Å². The summed E-state index contributed by atoms with van der Waals surface area (Å²) in [5.74, 6) is -0.198. The van der Waals surface area contributed by atoms with Crippen LogP contribution in [0.4, 0.5) is 23.0 Å². The van der Waals surface area contributed by atoms with E-state index in [-0.39, 0.29) is 11.8 Å². The highest BCUT2D eigenvalue weighted by Crippen LogP contribution is 2.21. The van der Waals surface area contributed by atoms with Crippen LogP contribution >= 0.6 is 0 Å². The molecule has 4 rings (SSSR count). The number of amides is 2. The Kier molecular flexibility index (Phi) is 6.83. The van der Waals surface area contributed by atoms with E-state index in [1.807, 2.05) is 30.3 Å². The van der Waals surface area contributed by atoms with Crippen LogP contribution in [0.25, 0.3) is 11.3 Å². The number of rotatable bonds is 7. The Labute approximate surface area is 196 Å². The van der Waals surface area contributed by atoms with Crippen molar-refractivity contribution in [3.05, 3.63) is 109 Å². The summed E-state index contributed by atoms with van der Waals surface area (Å²) in [7, 11) is 0. The van der Waals surface area contributed by atoms with Gasteiger partial charge in [0.15, 0.2) is 0 Å². The molecule has 8 nitrogen and oxygen atoms in total. The third kappa shape index (κ3) is 5.79. The second kappa shape index (κ2) is 10.5. The van der Waals surface area contributed by atoms with Crippen molar-refractivity contribution < 1.29 is 9.59 Å². The van der Waals surface area contributed by atoms with Gasteiger partial charge in [-0.05, 0) is 60.7 Å². The number of aromatic nitrogens is 3. The van der Waals surface area contributed by atoms with Crippen molar-refractivity contribution in [3.63, 3.8) is 0 Å². The van der Waals surface area contributed by atoms with Crippen molar-refractivity contribution >= 4 is 34.8 Å². The van der Waals surface area contributed by atoms with Gasteiger partial charge in [-0.3, -0.25) is 14.6 Å². The van der Waals surface area contributed by atoms with E-state index < -0.39 is 0 Å². The highest BCUT2D eigenvalue weighted by molar-refractivity contribution is 6.05. The van der Waals surface area contributed by atoms with Crippen LogP contribution in [-0.2, 0) is 4.79 Å². The lowest BCUT2D eigenvalue weighted by molar-refractivity contribution is -0.111. The first-order chi connectivity index (χ1) is 16.6. The maximum absolute atomic E-state index is 12.6. The minimum absolute atomic E-state index is 0.282. The van der Waals surface area contributed by atoms with Crippen LogP contribution in [0.1, 0.15) is 10.4 Å². The van der Waals surface area contributed by atoms with Gasteiger partial charge in [0, 0.05) is 52.9 Å². The number of pyridine rings is 1. The van der Waals surface area contributed by atoms with E-state index in [0.29, 0.717) is 22.9 Å². The van der Waals surface area contributed by atoms with Crippen LogP contribution in [0.5, 0.6) is 0 Å². The Bertz CT molecular complexity index is 1360. The first kappa shape index (κ1) is 22.1. The molecule has 4 aromatic rings. The Morgan fingerprint density at radius 2 is 1.71 bits per heavy atom. The van der Waals surface area contributed by atoms with Crippen LogP contribution in [0, 0.1) is 0 Å². The van der Waals surface area contributed by atoms with E-state index in [0.717, 1.165) is 16.9 Å². The van der Waals surface area contributed by atoms with Crippen LogP contribution in [0.3, 0.4) is 0 Å². The third-order valence-corrected chi connectivity index (χ3v) is 4.64. The summed E-state index contributed by atoms with van der Waals surface area (Å²) in [6, 6.07) is 19.4. The minimum Gasteiger partial charge on any atom is -0.324 e. The molecule has 3 N–H and O–H groups in total. The van der Waals surface area contributed by atoms with E-state index >= 15 is 0 Å². The van der Waals surface area contributed by atoms with Gasteiger partial charge < -0.3 is 16.0 Å². The Hall–Kier alpha value is -5.07. The zero-order chi connectivity index (χ0) is 23.8. The molecule has 0 spiro atoms. The average molecular weight is 448 g/mol. The molecule has 34 heavy (non-hydrogen) atoms. The lowest BCUT2D eigenvalue weighted by Crippen LogP contribution is -2.12. The number of benzene rings is 2. The molecule has 2 aromatic heterocycles. The molecule has 0 saturated carbocycles. The van der Waals surface area contributed by atoms with E-state index in [2.05, 4.69) is 43.2 Å². The molecular weight excluding hydrogens is 428 g/mol. The molecule has 0 saturated heterocycles. The van der Waals surface area contributed by atoms with Gasteiger partial charge in [0.25, 0.3) is 11.8 Å². The molecule has 0 fully saturated rings. The second-order valence-corrected chi connectivity index (χ2v) is 7.08. The van der Waals surface area contributed by atoms with Crippen LogP contribution in [0.2, 0.25) is 0 Å². The van der Waals surface area contributed by atoms with Crippen molar-refractivity contribution in [2.24, 2.45) is 0 Å². The van der Waals surface area contributed by atoms with Crippen LogP contribution < -0.4 is 16.0 Å². The Morgan fingerprint density at radius 3 is 2.47 bits per heavy atom. The summed E-state index contributed by atoms with van der Waals surface area (Å²) in [6.45, 7) is 3.36. The molecule has 166 valence electrons. The smallest absolute Gasteiger partial charge is 0.256 e. The van der Waals surface area contributed by atoms with Crippen molar-refractivity contribution in [2.45, 2.75) is 0 Å². The molecule has 0 aliphatic rings. The number of hydrogen-bond donors (Lipinski definition) is 3. The normalized spacial score (nSPS) is 10.0. The zero-order valence-electron chi connectivity index (χ0n) is 18.0. The Morgan fingerprint density at radius 1 is 0.882 bits per heavy atom. The fourth-order valence-electron chi connectivity index (χ4n) is 3.08. The predicted molar refractivity (Wildman–Crippen MR) is 132 cm³/mol. The molecule has 0 radical (unpaired) electrons. The highest BCUT2D eigenvalue weighted by Gasteiger charge is 2.08. The van der Waals surface area contributed by atoms with Crippen molar-refractivity contribution in [3.8, 4) is 11.3 Å². The Balaban J connectivity index is 1.42. The van der Waals surface area contributed by atoms with Gasteiger partial charge >= 0.3 is 0 Å². The standard InChI is InChI=1S/C26H20N6O2/c1-2-5-24(33)29-20-11-9-18(10-12-20)25(34)30-21-7-3-8-22(16-21)31-26-28-15-13-23(32-26)19-6-4-14-27-17-19/h3-17H,1H2,(H,29,33)(H,30,34)(H,28,31,32). The molecule has 0 bridgehead atoms. The largest absolute Gasteiger partial charge is 0.324 e. The number of nitrogens with one attached hydrogen (secondary N) is 3. The van der Waals surface area contributed by atoms with Gasteiger partial charge in [0.05, 0.1) is 5.69 Å². The topological polar surface area (TPSA) is 109 Å². The minimum atomic E-state index is -0.341. The van der Waals surface area contributed by atoms with E-state index in [9.17, 15) is 9.59 Å². The molecule has 2 heterocycles. The summed E-state index contributed by atoms with van der Waals surface area (Å²) in [5.41, 5.74) is 6.37. The van der Waals surface area contributed by atoms with Gasteiger partial charge in [-0.15, -0.1) is 5.73 Å². The number of anilines is 4. The summed E-state index contributed by atoms with van der Waals surface area (Å²) in [5, 5.41) is 8.67. The van der Waals surface area contributed by atoms with Gasteiger partial charge in [-0.2, -0.15) is 0 Å². The average Bonchev–Trinajstić information content (AvgIpc) is 2.85. The third-order valence-electron chi connectivity index (χ3n) is 4.64. The van der Waals surface area contributed by atoms with Gasteiger partial charge in [0.1, 0.15) is 0 Å². The zero-order valence-corrected chi connectivity index (χ0v) is 18.0. The number of hydrogen-bond acceptors (Lipinski definition) is 6. The summed E-state index contributed by atoms with van der Waals surface area (Å²) < 4.78 is 0. The van der Waals surface area contributed by atoms with Crippen LogP contribution in [0.15, 0.2) is 104 Å². The SMILES string of the molecule is C=C=CC(=O)Nc1ccc(C(=O)Nc2cccc(Nc3nccc(-c4cccnc4)n3)c2)cc1. The molecule has 2 aromatic carbocycles. The number of nitrogens with zero attached hydrogens (tertiary/aromatic N) is 3. The van der Waals surface area contributed by atoms with Crippen molar-refractivity contribution in [1.82, 2.24) is 15.0 Å². The maximum Gasteiger partial charge on any atom is 0.256 e. The molecule has 0 aliphatic heterocycles. The quantitative estimate of drug-likeness (QED) is 0.276. The first-order valence-electron chi connectivity index (χ1n) is 10.3. The lowest BCUT2D eigenvalue weighted by atomic mass is 10.2. The van der Waals surface area contributed by atoms with Crippen molar-refractivity contribution in [2.75, 3.05) is 16.0 Å². The molecule has 0 unspecified atom stereocenters. The van der Waals surface area contributed by atoms with Crippen LogP contribution in [-0.4, -0.2) is 26.8 Å². The van der Waals surface area contributed by atoms with Gasteiger partial charge in [0.2, 0.25) is 5.95 Å². The van der Waals surface area contributed by atoms with E-state index in [1.165, 1.54) is 6.08 Å². The molecule has 0 aliphatic carbocycles. The summed E-state index contributed by atoms with van der Waals surface area (Å²) >= 11 is 0. The molecule has 0 atom stereocenters. The summed E-state index contributed by atoms with van der Waals surface area (Å²) in [6.07, 6.45) is 6.31. The maximum atomic E-state index is 12.6. The summed E-state index contributed by atoms with van der Waals surface area (Å²) in [4.78, 5) is 37.1. The molecule has 8 heteroatoms. The van der Waals surface area contributed by atoms with Crippen molar-refractivity contribution in [1.29, 1.82) is 0 Å². The lowest BCUT2D eigenvalue weighted by Gasteiger charge is -2.10. The number of carbonyl (C=O) groups excluding carboxylic acids is 2. The molecular formula is C26H20N6O2. The second-order valence-electron chi connectivity index (χ2n) is 7.08. The van der Waals surface area contributed by atoms with Gasteiger partial charge in [-0.1, -0.05) is 12.6 Å². The first-order valence-corrected chi connectivity index (χ1v) is 10.3.